The van der Waals surface area contributed by atoms with E-state index < -0.39 is 0 Å². The van der Waals surface area contributed by atoms with Crippen LogP contribution in [0, 0.1) is 0 Å². The van der Waals surface area contributed by atoms with Gasteiger partial charge in [-0.05, 0) is 61.1 Å². The minimum Gasteiger partial charge on any atom is -0.493 e. The van der Waals surface area contributed by atoms with Gasteiger partial charge in [-0.15, -0.1) is 0 Å². The Morgan fingerprint density at radius 1 is 1.14 bits per heavy atom. The molecule has 2 fully saturated rings. The molecule has 1 atom stereocenters. The minimum atomic E-state index is -0.0993. The fourth-order valence-corrected chi connectivity index (χ4v) is 4.01. The van der Waals surface area contributed by atoms with Crippen molar-refractivity contribution in [2.45, 2.75) is 44.4 Å². The van der Waals surface area contributed by atoms with E-state index in [1.165, 1.54) is 12.8 Å². The second-order valence-electron chi connectivity index (χ2n) is 7.63. The largest absolute Gasteiger partial charge is 0.493 e. The molecule has 29 heavy (non-hydrogen) atoms. The van der Waals surface area contributed by atoms with Crippen LogP contribution in [0.2, 0.25) is 0 Å². The van der Waals surface area contributed by atoms with Crippen molar-refractivity contribution in [2.24, 2.45) is 0 Å². The molecule has 3 N–H and O–H groups in total. The van der Waals surface area contributed by atoms with E-state index in [0.29, 0.717) is 18.8 Å². The van der Waals surface area contributed by atoms with Crippen LogP contribution in [-0.2, 0) is 6.54 Å². The third kappa shape index (κ3) is 4.40. The van der Waals surface area contributed by atoms with Crippen molar-refractivity contribution in [3.8, 4) is 11.5 Å². The number of ether oxygens (including phenoxy) is 2. The Morgan fingerprint density at radius 3 is 2.59 bits per heavy atom. The highest BCUT2D eigenvalue weighted by Crippen LogP contribution is 2.35. The molecule has 1 saturated carbocycles. The van der Waals surface area contributed by atoms with E-state index in [4.69, 9.17) is 14.7 Å². The Kier molecular flexibility index (Phi) is 5.76. The number of anilines is 1. The summed E-state index contributed by atoms with van der Waals surface area (Å²) < 4.78 is 11.7. The highest BCUT2D eigenvalue weighted by molar-refractivity contribution is 5.77. The SMILES string of the molecule is COc1ccc([C@@H]2CN(Cc3ccc(NO)cc3)C(=O)N2)cc1OC1CCCC1. The van der Waals surface area contributed by atoms with Crippen LogP contribution < -0.4 is 20.3 Å². The van der Waals surface area contributed by atoms with Gasteiger partial charge in [-0.3, -0.25) is 10.7 Å². The average molecular weight is 397 g/mol. The van der Waals surface area contributed by atoms with Crippen LogP contribution in [0.15, 0.2) is 42.5 Å². The smallest absolute Gasteiger partial charge is 0.318 e. The Bertz CT molecular complexity index is 850. The van der Waals surface area contributed by atoms with E-state index in [2.05, 4.69) is 10.8 Å². The molecule has 0 radical (unpaired) electrons. The molecule has 1 saturated heterocycles. The molecule has 0 bridgehead atoms. The molecule has 1 aliphatic heterocycles. The van der Waals surface area contributed by atoms with Gasteiger partial charge in [-0.1, -0.05) is 18.2 Å². The number of benzene rings is 2. The lowest BCUT2D eigenvalue weighted by molar-refractivity contribution is 0.200. The highest BCUT2D eigenvalue weighted by Gasteiger charge is 2.30. The molecule has 2 aromatic rings. The quantitative estimate of drug-likeness (QED) is 0.613. The second-order valence-corrected chi connectivity index (χ2v) is 7.63. The number of methoxy groups -OCH3 is 1. The normalized spacial score (nSPS) is 19.3. The topological polar surface area (TPSA) is 83.1 Å². The van der Waals surface area contributed by atoms with Gasteiger partial charge in [0, 0.05) is 13.1 Å². The van der Waals surface area contributed by atoms with Gasteiger partial charge in [0.25, 0.3) is 0 Å². The van der Waals surface area contributed by atoms with E-state index in [1.807, 2.05) is 30.3 Å². The molecule has 2 amide bonds. The van der Waals surface area contributed by atoms with E-state index in [1.54, 1.807) is 24.1 Å². The zero-order valence-corrected chi connectivity index (χ0v) is 16.6. The maximum absolute atomic E-state index is 12.5. The van der Waals surface area contributed by atoms with Crippen molar-refractivity contribution in [3.05, 3.63) is 53.6 Å². The minimum absolute atomic E-state index is 0.0894. The first-order valence-electron chi connectivity index (χ1n) is 10.1. The predicted molar refractivity (Wildman–Crippen MR) is 109 cm³/mol. The van der Waals surface area contributed by atoms with Gasteiger partial charge in [0.1, 0.15) is 0 Å². The summed E-state index contributed by atoms with van der Waals surface area (Å²) in [4.78, 5) is 14.3. The number of nitrogens with zero attached hydrogens (tertiary/aromatic N) is 1. The molecule has 7 nitrogen and oxygen atoms in total. The van der Waals surface area contributed by atoms with E-state index >= 15 is 0 Å². The van der Waals surface area contributed by atoms with Gasteiger partial charge in [0.05, 0.1) is 24.9 Å². The van der Waals surface area contributed by atoms with Crippen LogP contribution in [0.25, 0.3) is 0 Å². The number of urea groups is 1. The van der Waals surface area contributed by atoms with Crippen molar-refractivity contribution in [2.75, 3.05) is 19.1 Å². The zero-order valence-electron chi connectivity index (χ0n) is 16.6. The van der Waals surface area contributed by atoms with Gasteiger partial charge in [0.2, 0.25) is 0 Å². The molecule has 0 unspecified atom stereocenters. The average Bonchev–Trinajstić information content (AvgIpc) is 3.38. The number of amides is 2. The fraction of sp³-hybridized carbons (Fsp3) is 0.409. The summed E-state index contributed by atoms with van der Waals surface area (Å²) in [5.74, 6) is 1.47. The number of hydrogen-bond acceptors (Lipinski definition) is 5. The van der Waals surface area contributed by atoms with E-state index in [0.717, 1.165) is 35.5 Å². The molecule has 0 aromatic heterocycles. The lowest BCUT2D eigenvalue weighted by Crippen LogP contribution is -2.27. The number of carbonyl (C=O) groups is 1. The Labute approximate surface area is 170 Å². The van der Waals surface area contributed by atoms with Crippen LogP contribution in [0.1, 0.15) is 42.9 Å². The van der Waals surface area contributed by atoms with Crippen LogP contribution in [0.3, 0.4) is 0 Å². The molecule has 4 rings (SSSR count). The summed E-state index contributed by atoms with van der Waals surface area (Å²) in [5, 5.41) is 12.0. The number of nitrogens with one attached hydrogen (secondary N) is 2. The molecule has 7 heteroatoms. The van der Waals surface area contributed by atoms with Crippen molar-refractivity contribution in [3.63, 3.8) is 0 Å². The summed E-state index contributed by atoms with van der Waals surface area (Å²) >= 11 is 0. The van der Waals surface area contributed by atoms with Crippen LogP contribution in [-0.4, -0.2) is 35.9 Å². The molecule has 0 spiro atoms. The molecular formula is C22H27N3O4. The Balaban J connectivity index is 1.46. The lowest BCUT2D eigenvalue weighted by atomic mass is 10.1. The molecule has 2 aliphatic rings. The maximum atomic E-state index is 12.5. The number of hydrogen-bond donors (Lipinski definition) is 3. The molecule has 154 valence electrons. The first kappa shape index (κ1) is 19.4. The third-order valence-electron chi connectivity index (χ3n) is 5.63. The van der Waals surface area contributed by atoms with Gasteiger partial charge >= 0.3 is 6.03 Å². The van der Waals surface area contributed by atoms with Crippen molar-refractivity contribution in [1.29, 1.82) is 0 Å². The molecular weight excluding hydrogens is 370 g/mol. The summed E-state index contributed by atoms with van der Waals surface area (Å²) in [6.45, 7) is 1.09. The van der Waals surface area contributed by atoms with Gasteiger partial charge in [-0.2, -0.15) is 0 Å². The van der Waals surface area contributed by atoms with Gasteiger partial charge in [0.15, 0.2) is 11.5 Å². The fourth-order valence-electron chi connectivity index (χ4n) is 4.01. The summed E-state index contributed by atoms with van der Waals surface area (Å²) in [7, 11) is 1.65. The van der Waals surface area contributed by atoms with Crippen LogP contribution in [0.4, 0.5) is 10.5 Å². The van der Waals surface area contributed by atoms with Gasteiger partial charge in [-0.25, -0.2) is 4.79 Å². The standard InChI is InChI=1S/C22H27N3O4/c1-28-20-11-8-16(12-21(20)29-18-4-2-3-5-18)19-14-25(22(26)23-19)13-15-6-9-17(24-27)10-7-15/h6-12,18-19,24,27H,2-5,13-14H2,1H3,(H,23,26)/t19-/m0/s1. The molecule has 1 heterocycles. The maximum Gasteiger partial charge on any atom is 0.318 e. The monoisotopic (exact) mass is 397 g/mol. The summed E-state index contributed by atoms with van der Waals surface area (Å²) in [5.41, 5.74) is 4.74. The molecule has 2 aromatic carbocycles. The summed E-state index contributed by atoms with van der Waals surface area (Å²) in [6.07, 6.45) is 4.80. The molecule has 1 aliphatic carbocycles. The first-order chi connectivity index (χ1) is 14.2. The van der Waals surface area contributed by atoms with Crippen molar-refractivity contribution < 1.29 is 19.5 Å². The predicted octanol–water partition coefficient (Wildman–Crippen LogP) is 4.08. The van der Waals surface area contributed by atoms with Crippen molar-refractivity contribution in [1.82, 2.24) is 10.2 Å². The highest BCUT2D eigenvalue weighted by atomic mass is 16.5. The van der Waals surface area contributed by atoms with Gasteiger partial charge < -0.3 is 19.7 Å². The third-order valence-corrected chi connectivity index (χ3v) is 5.63. The summed E-state index contributed by atoms with van der Waals surface area (Å²) in [6, 6.07) is 13.0. The van der Waals surface area contributed by atoms with Crippen LogP contribution >= 0.6 is 0 Å². The number of carbonyl (C=O) groups excluding carboxylic acids is 1. The first-order valence-corrected chi connectivity index (χ1v) is 10.1. The second kappa shape index (κ2) is 8.61. The Morgan fingerprint density at radius 2 is 1.90 bits per heavy atom. The zero-order chi connectivity index (χ0) is 20.2. The number of rotatable bonds is 7. The Hall–Kier alpha value is -2.93. The lowest BCUT2D eigenvalue weighted by Gasteiger charge is -2.19. The van der Waals surface area contributed by atoms with Crippen molar-refractivity contribution >= 4 is 11.7 Å². The van der Waals surface area contributed by atoms with E-state index in [9.17, 15) is 4.79 Å². The van der Waals surface area contributed by atoms with Crippen LogP contribution in [0.5, 0.6) is 11.5 Å². The van der Waals surface area contributed by atoms with E-state index in [-0.39, 0.29) is 18.2 Å².